The van der Waals surface area contributed by atoms with Crippen LogP contribution in [0.4, 0.5) is 0 Å². The van der Waals surface area contributed by atoms with Crippen molar-refractivity contribution < 1.29 is 16.8 Å². The van der Waals surface area contributed by atoms with Crippen LogP contribution in [0.25, 0.3) is 0 Å². The van der Waals surface area contributed by atoms with Crippen molar-refractivity contribution in [3.05, 3.63) is 0 Å². The van der Waals surface area contributed by atoms with E-state index in [1.54, 1.807) is 0 Å². The SMILES string of the molecule is CS(=O)(=O)CCCNC1CCCC1S(C)(=O)=O. The summed E-state index contributed by atoms with van der Waals surface area (Å²) in [4.78, 5) is 0. The normalized spacial score (nSPS) is 26.2. The van der Waals surface area contributed by atoms with Crippen LogP contribution < -0.4 is 5.32 Å². The minimum absolute atomic E-state index is 0.00967. The lowest BCUT2D eigenvalue weighted by atomic mass is 10.2. The summed E-state index contributed by atoms with van der Waals surface area (Å²) in [6.07, 6.45) is 5.50. The second-order valence-corrected chi connectivity index (χ2v) is 9.37. The van der Waals surface area contributed by atoms with Crippen molar-refractivity contribution in [1.29, 1.82) is 0 Å². The molecule has 102 valence electrons. The first-order valence-corrected chi connectivity index (χ1v) is 9.81. The highest BCUT2D eigenvalue weighted by molar-refractivity contribution is 7.91. The van der Waals surface area contributed by atoms with Crippen LogP contribution in [0.3, 0.4) is 0 Å². The van der Waals surface area contributed by atoms with E-state index in [0.717, 1.165) is 12.8 Å². The highest BCUT2D eigenvalue weighted by atomic mass is 32.2. The molecular formula is C10H21NO4S2. The molecule has 17 heavy (non-hydrogen) atoms. The molecule has 0 aromatic heterocycles. The maximum Gasteiger partial charge on any atom is 0.151 e. The topological polar surface area (TPSA) is 80.3 Å². The number of hydrogen-bond donors (Lipinski definition) is 1. The van der Waals surface area contributed by atoms with Crippen molar-refractivity contribution in [2.45, 2.75) is 37.0 Å². The Bertz CT molecular complexity index is 441. The van der Waals surface area contributed by atoms with Crippen LogP contribution >= 0.6 is 0 Å². The average Bonchev–Trinajstić information content (AvgIpc) is 2.58. The van der Waals surface area contributed by atoms with Gasteiger partial charge in [0, 0.05) is 18.6 Å². The Balaban J connectivity index is 2.37. The number of rotatable bonds is 6. The van der Waals surface area contributed by atoms with E-state index in [2.05, 4.69) is 5.32 Å². The molecule has 1 aliphatic rings. The van der Waals surface area contributed by atoms with Gasteiger partial charge in [-0.05, 0) is 25.8 Å². The molecule has 0 aromatic rings. The van der Waals surface area contributed by atoms with E-state index >= 15 is 0 Å². The zero-order valence-electron chi connectivity index (χ0n) is 10.3. The van der Waals surface area contributed by atoms with Crippen LogP contribution in [-0.4, -0.2) is 52.9 Å². The lowest BCUT2D eigenvalue weighted by Gasteiger charge is -2.19. The van der Waals surface area contributed by atoms with Crippen LogP contribution in [-0.2, 0) is 19.7 Å². The second kappa shape index (κ2) is 5.67. The monoisotopic (exact) mass is 283 g/mol. The van der Waals surface area contributed by atoms with Gasteiger partial charge in [0.15, 0.2) is 9.84 Å². The first kappa shape index (κ1) is 14.9. The van der Waals surface area contributed by atoms with Crippen molar-refractivity contribution in [3.8, 4) is 0 Å². The van der Waals surface area contributed by atoms with Crippen LogP contribution in [0.5, 0.6) is 0 Å². The lowest BCUT2D eigenvalue weighted by molar-refractivity contribution is 0.506. The van der Waals surface area contributed by atoms with Crippen molar-refractivity contribution in [3.63, 3.8) is 0 Å². The molecule has 1 rings (SSSR count). The van der Waals surface area contributed by atoms with E-state index in [1.165, 1.54) is 12.5 Å². The van der Waals surface area contributed by atoms with Crippen molar-refractivity contribution in [2.75, 3.05) is 24.8 Å². The summed E-state index contributed by atoms with van der Waals surface area (Å²) in [6, 6.07) is -0.00967. The van der Waals surface area contributed by atoms with E-state index in [9.17, 15) is 16.8 Å². The maximum atomic E-state index is 11.5. The van der Waals surface area contributed by atoms with Gasteiger partial charge in [-0.3, -0.25) is 0 Å². The standard InChI is InChI=1S/C10H21NO4S2/c1-16(12,13)8-4-7-11-9-5-3-6-10(9)17(2,14)15/h9-11H,3-8H2,1-2H3. The summed E-state index contributed by atoms with van der Waals surface area (Å²) in [5.41, 5.74) is 0. The molecular weight excluding hydrogens is 262 g/mol. The first-order chi connectivity index (χ1) is 7.70. The molecule has 0 amide bonds. The van der Waals surface area contributed by atoms with Gasteiger partial charge in [-0.25, -0.2) is 16.8 Å². The third-order valence-electron chi connectivity index (χ3n) is 3.10. The maximum absolute atomic E-state index is 11.5. The summed E-state index contributed by atoms with van der Waals surface area (Å²) >= 11 is 0. The van der Waals surface area contributed by atoms with E-state index < -0.39 is 19.7 Å². The lowest BCUT2D eigenvalue weighted by Crippen LogP contribution is -2.40. The highest BCUT2D eigenvalue weighted by Gasteiger charge is 2.34. The molecule has 0 aromatic carbocycles. The summed E-state index contributed by atoms with van der Waals surface area (Å²) in [7, 11) is -5.92. The van der Waals surface area contributed by atoms with Gasteiger partial charge in [-0.2, -0.15) is 0 Å². The van der Waals surface area contributed by atoms with Gasteiger partial charge in [0.05, 0.1) is 11.0 Å². The van der Waals surface area contributed by atoms with Gasteiger partial charge in [0.25, 0.3) is 0 Å². The largest absolute Gasteiger partial charge is 0.313 e. The zero-order valence-corrected chi connectivity index (χ0v) is 12.0. The molecule has 0 heterocycles. The van der Waals surface area contributed by atoms with Gasteiger partial charge in [0.2, 0.25) is 0 Å². The molecule has 0 saturated heterocycles. The fraction of sp³-hybridized carbons (Fsp3) is 1.00. The van der Waals surface area contributed by atoms with Crippen LogP contribution in [0.15, 0.2) is 0 Å². The third kappa shape index (κ3) is 5.35. The minimum Gasteiger partial charge on any atom is -0.313 e. The molecule has 5 nitrogen and oxygen atoms in total. The second-order valence-electron chi connectivity index (χ2n) is 4.84. The zero-order chi connectivity index (χ0) is 13.1. The quantitative estimate of drug-likeness (QED) is 0.693. The van der Waals surface area contributed by atoms with Crippen LogP contribution in [0.1, 0.15) is 25.7 Å². The van der Waals surface area contributed by atoms with E-state index in [0.29, 0.717) is 19.4 Å². The van der Waals surface area contributed by atoms with Crippen molar-refractivity contribution >= 4 is 19.7 Å². The van der Waals surface area contributed by atoms with Crippen LogP contribution in [0, 0.1) is 0 Å². The summed E-state index contributed by atoms with van der Waals surface area (Å²) in [5, 5.41) is 2.86. The highest BCUT2D eigenvalue weighted by Crippen LogP contribution is 2.24. The predicted molar refractivity (Wildman–Crippen MR) is 68.6 cm³/mol. The molecule has 2 unspecified atom stereocenters. The number of sulfone groups is 2. The molecule has 0 bridgehead atoms. The summed E-state index contributed by atoms with van der Waals surface area (Å²) < 4.78 is 44.9. The Morgan fingerprint density at radius 2 is 1.76 bits per heavy atom. The molecule has 7 heteroatoms. The van der Waals surface area contributed by atoms with Crippen molar-refractivity contribution in [1.82, 2.24) is 5.32 Å². The van der Waals surface area contributed by atoms with E-state index in [4.69, 9.17) is 0 Å². The minimum atomic E-state index is -3.00. The Morgan fingerprint density at radius 3 is 2.29 bits per heavy atom. The molecule has 0 radical (unpaired) electrons. The fourth-order valence-electron chi connectivity index (χ4n) is 2.29. The Kier molecular flexibility index (Phi) is 4.97. The van der Waals surface area contributed by atoms with Gasteiger partial charge in [0.1, 0.15) is 9.84 Å². The fourth-order valence-corrected chi connectivity index (χ4v) is 4.39. The number of nitrogens with one attached hydrogen (secondary N) is 1. The first-order valence-electron chi connectivity index (χ1n) is 5.80. The molecule has 0 aliphatic heterocycles. The predicted octanol–water partition coefficient (Wildman–Crippen LogP) is -0.0236. The molecule has 1 fully saturated rings. The van der Waals surface area contributed by atoms with Gasteiger partial charge < -0.3 is 5.32 Å². The van der Waals surface area contributed by atoms with Gasteiger partial charge in [-0.1, -0.05) is 6.42 Å². The Morgan fingerprint density at radius 1 is 1.12 bits per heavy atom. The molecule has 0 spiro atoms. The van der Waals surface area contributed by atoms with E-state index in [-0.39, 0.29) is 17.0 Å². The molecule has 1 N–H and O–H groups in total. The average molecular weight is 283 g/mol. The van der Waals surface area contributed by atoms with Crippen LogP contribution in [0.2, 0.25) is 0 Å². The molecule has 1 saturated carbocycles. The number of hydrogen-bond acceptors (Lipinski definition) is 5. The summed E-state index contributed by atoms with van der Waals surface area (Å²) in [6.45, 7) is 0.559. The van der Waals surface area contributed by atoms with E-state index in [1.807, 2.05) is 0 Å². The third-order valence-corrected chi connectivity index (χ3v) is 5.80. The van der Waals surface area contributed by atoms with Gasteiger partial charge in [-0.15, -0.1) is 0 Å². The molecule has 1 aliphatic carbocycles. The Hall–Kier alpha value is -0.140. The van der Waals surface area contributed by atoms with Crippen molar-refractivity contribution in [2.24, 2.45) is 0 Å². The summed E-state index contributed by atoms with van der Waals surface area (Å²) in [5.74, 6) is 0.149. The van der Waals surface area contributed by atoms with Gasteiger partial charge >= 0.3 is 0 Å². The Labute approximate surface area is 104 Å². The smallest absolute Gasteiger partial charge is 0.151 e. The molecule has 2 atom stereocenters.